The number of aromatic nitrogens is 1. The summed E-state index contributed by atoms with van der Waals surface area (Å²) in [5.74, 6) is 1.41. The van der Waals surface area contributed by atoms with Crippen molar-refractivity contribution >= 4 is 22.9 Å². The van der Waals surface area contributed by atoms with Crippen LogP contribution in [0.3, 0.4) is 0 Å². The predicted octanol–water partition coefficient (Wildman–Crippen LogP) is 7.33. The molecule has 138 valence electrons. The van der Waals surface area contributed by atoms with Crippen molar-refractivity contribution in [3.8, 4) is 22.8 Å². The van der Waals surface area contributed by atoms with Crippen LogP contribution in [0.4, 0.5) is 0 Å². The molecule has 0 radical (unpaired) electrons. The maximum atomic E-state index is 6.04. The molecule has 2 heteroatoms. The SMILES string of the molecule is C(=C\c1ccc(-c2ncc(-c3ccc4ccccc4c3)o2)cc1)/c1ccccc1. The Bertz CT molecular complexity index is 1280. The van der Waals surface area contributed by atoms with E-state index in [1.807, 2.05) is 42.5 Å². The van der Waals surface area contributed by atoms with Crippen molar-refractivity contribution in [3.63, 3.8) is 0 Å². The van der Waals surface area contributed by atoms with E-state index in [-0.39, 0.29) is 0 Å². The van der Waals surface area contributed by atoms with Crippen LogP contribution in [0.5, 0.6) is 0 Å². The Morgan fingerprint density at radius 3 is 2.03 bits per heavy atom. The molecule has 5 rings (SSSR count). The molecular weight excluding hydrogens is 354 g/mol. The van der Waals surface area contributed by atoms with Gasteiger partial charge in [0.05, 0.1) is 6.20 Å². The van der Waals surface area contributed by atoms with Crippen LogP contribution in [-0.2, 0) is 0 Å². The molecule has 0 N–H and O–H groups in total. The average Bonchev–Trinajstić information content (AvgIpc) is 3.29. The Morgan fingerprint density at radius 1 is 0.586 bits per heavy atom. The maximum Gasteiger partial charge on any atom is 0.226 e. The van der Waals surface area contributed by atoms with E-state index in [0.29, 0.717) is 5.89 Å². The number of nitrogens with zero attached hydrogens (tertiary/aromatic N) is 1. The smallest absolute Gasteiger partial charge is 0.226 e. The van der Waals surface area contributed by atoms with E-state index in [1.54, 1.807) is 6.20 Å². The fourth-order valence-corrected chi connectivity index (χ4v) is 3.38. The third kappa shape index (κ3) is 3.74. The largest absolute Gasteiger partial charge is 0.436 e. The zero-order valence-electron chi connectivity index (χ0n) is 15.8. The quantitative estimate of drug-likeness (QED) is 0.308. The second-order valence-electron chi connectivity index (χ2n) is 6.96. The molecule has 29 heavy (non-hydrogen) atoms. The van der Waals surface area contributed by atoms with E-state index in [0.717, 1.165) is 22.5 Å². The second kappa shape index (κ2) is 7.61. The Labute approximate surface area is 169 Å². The zero-order chi connectivity index (χ0) is 19.5. The van der Waals surface area contributed by atoms with E-state index in [9.17, 15) is 0 Å². The fourth-order valence-electron chi connectivity index (χ4n) is 3.38. The lowest BCUT2D eigenvalue weighted by atomic mass is 10.1. The molecule has 5 aromatic rings. The molecule has 4 aromatic carbocycles. The number of benzene rings is 4. The summed E-state index contributed by atoms with van der Waals surface area (Å²) in [5, 5.41) is 2.41. The summed E-state index contributed by atoms with van der Waals surface area (Å²) in [6, 6.07) is 33.2. The van der Waals surface area contributed by atoms with E-state index in [2.05, 4.69) is 71.7 Å². The minimum atomic E-state index is 0.631. The van der Waals surface area contributed by atoms with E-state index < -0.39 is 0 Å². The van der Waals surface area contributed by atoms with Gasteiger partial charge in [-0.15, -0.1) is 0 Å². The van der Waals surface area contributed by atoms with Gasteiger partial charge in [0.15, 0.2) is 5.76 Å². The van der Waals surface area contributed by atoms with Gasteiger partial charge in [-0.3, -0.25) is 0 Å². The summed E-state index contributed by atoms with van der Waals surface area (Å²) in [6.07, 6.45) is 6.01. The normalized spacial score (nSPS) is 11.3. The van der Waals surface area contributed by atoms with Crippen LogP contribution in [0.1, 0.15) is 11.1 Å². The molecule has 1 aromatic heterocycles. The minimum Gasteiger partial charge on any atom is -0.436 e. The molecule has 0 atom stereocenters. The molecular formula is C27H19NO. The summed E-state index contributed by atoms with van der Waals surface area (Å²) in [7, 11) is 0. The van der Waals surface area contributed by atoms with Crippen molar-refractivity contribution in [3.05, 3.63) is 114 Å². The first kappa shape index (κ1) is 17.2. The molecule has 0 aliphatic rings. The Kier molecular flexibility index (Phi) is 4.51. The maximum absolute atomic E-state index is 6.04. The van der Waals surface area contributed by atoms with Gasteiger partial charge in [0.25, 0.3) is 0 Å². The van der Waals surface area contributed by atoms with Crippen LogP contribution < -0.4 is 0 Å². The molecule has 0 aliphatic heterocycles. The second-order valence-corrected chi connectivity index (χ2v) is 6.96. The first-order chi connectivity index (χ1) is 14.3. The summed E-state index contributed by atoms with van der Waals surface area (Å²) < 4.78 is 6.04. The average molecular weight is 373 g/mol. The number of fused-ring (bicyclic) bond motifs is 1. The highest BCUT2D eigenvalue weighted by Crippen LogP contribution is 2.28. The lowest BCUT2D eigenvalue weighted by Gasteiger charge is -2.01. The van der Waals surface area contributed by atoms with Crippen LogP contribution in [0.2, 0.25) is 0 Å². The monoisotopic (exact) mass is 373 g/mol. The Balaban J connectivity index is 1.37. The molecule has 0 saturated carbocycles. The number of oxazole rings is 1. The number of hydrogen-bond donors (Lipinski definition) is 0. The number of rotatable bonds is 4. The fraction of sp³-hybridized carbons (Fsp3) is 0. The van der Waals surface area contributed by atoms with Gasteiger partial charge in [-0.1, -0.05) is 91.0 Å². The molecule has 1 heterocycles. The van der Waals surface area contributed by atoms with E-state index >= 15 is 0 Å². The molecule has 0 spiro atoms. The standard InChI is InChI=1S/C27H19NO/c1-2-6-20(7-3-1)10-11-21-12-14-23(15-13-21)27-28-19-26(29-27)25-17-16-22-8-4-5-9-24(22)18-25/h1-19H/b11-10+. The van der Waals surface area contributed by atoms with Crippen LogP contribution in [0, 0.1) is 0 Å². The molecule has 0 bridgehead atoms. The molecule has 0 saturated heterocycles. The van der Waals surface area contributed by atoms with Crippen LogP contribution in [0.25, 0.3) is 45.7 Å². The van der Waals surface area contributed by atoms with Crippen molar-refractivity contribution in [2.75, 3.05) is 0 Å². The highest BCUT2D eigenvalue weighted by atomic mass is 16.4. The van der Waals surface area contributed by atoms with Crippen LogP contribution in [0.15, 0.2) is 108 Å². The highest BCUT2D eigenvalue weighted by Gasteiger charge is 2.09. The van der Waals surface area contributed by atoms with Gasteiger partial charge in [0.2, 0.25) is 5.89 Å². The van der Waals surface area contributed by atoms with E-state index in [1.165, 1.54) is 16.3 Å². The van der Waals surface area contributed by atoms with Crippen molar-refractivity contribution in [2.24, 2.45) is 0 Å². The third-order valence-electron chi connectivity index (χ3n) is 4.97. The first-order valence-corrected chi connectivity index (χ1v) is 9.64. The van der Waals surface area contributed by atoms with Gasteiger partial charge in [-0.05, 0) is 40.1 Å². The third-order valence-corrected chi connectivity index (χ3v) is 4.97. The summed E-state index contributed by atoms with van der Waals surface area (Å²) in [4.78, 5) is 4.48. The van der Waals surface area contributed by atoms with E-state index in [4.69, 9.17) is 4.42 Å². The van der Waals surface area contributed by atoms with Gasteiger partial charge in [-0.2, -0.15) is 0 Å². The lowest BCUT2D eigenvalue weighted by molar-refractivity contribution is 0.589. The molecule has 0 unspecified atom stereocenters. The van der Waals surface area contributed by atoms with Crippen molar-refractivity contribution in [2.45, 2.75) is 0 Å². The highest BCUT2D eigenvalue weighted by molar-refractivity contribution is 5.86. The summed E-state index contributed by atoms with van der Waals surface area (Å²) in [6.45, 7) is 0. The zero-order valence-corrected chi connectivity index (χ0v) is 15.8. The predicted molar refractivity (Wildman–Crippen MR) is 120 cm³/mol. The van der Waals surface area contributed by atoms with Crippen molar-refractivity contribution in [1.29, 1.82) is 0 Å². The number of hydrogen-bond acceptors (Lipinski definition) is 2. The van der Waals surface area contributed by atoms with Gasteiger partial charge in [-0.25, -0.2) is 4.98 Å². The van der Waals surface area contributed by atoms with Crippen LogP contribution >= 0.6 is 0 Å². The summed E-state index contributed by atoms with van der Waals surface area (Å²) in [5.41, 5.74) is 4.32. The van der Waals surface area contributed by atoms with Gasteiger partial charge < -0.3 is 4.42 Å². The molecule has 0 fully saturated rings. The molecule has 0 amide bonds. The molecule has 0 aliphatic carbocycles. The Morgan fingerprint density at radius 2 is 1.24 bits per heavy atom. The minimum absolute atomic E-state index is 0.631. The van der Waals surface area contributed by atoms with Crippen molar-refractivity contribution in [1.82, 2.24) is 4.98 Å². The first-order valence-electron chi connectivity index (χ1n) is 9.64. The van der Waals surface area contributed by atoms with Crippen LogP contribution in [-0.4, -0.2) is 4.98 Å². The van der Waals surface area contributed by atoms with Gasteiger partial charge >= 0.3 is 0 Å². The Hall–Kier alpha value is -3.91. The van der Waals surface area contributed by atoms with Gasteiger partial charge in [0, 0.05) is 11.1 Å². The summed E-state index contributed by atoms with van der Waals surface area (Å²) >= 11 is 0. The lowest BCUT2D eigenvalue weighted by Crippen LogP contribution is -1.78. The topological polar surface area (TPSA) is 26.0 Å². The van der Waals surface area contributed by atoms with Gasteiger partial charge in [0.1, 0.15) is 0 Å². The van der Waals surface area contributed by atoms with Crippen molar-refractivity contribution < 1.29 is 4.42 Å². The molecule has 2 nitrogen and oxygen atoms in total.